The van der Waals surface area contributed by atoms with Crippen LogP contribution >= 0.6 is 11.8 Å². The maximum atomic E-state index is 12.5. The lowest BCUT2D eigenvalue weighted by molar-refractivity contribution is -0.141. The van der Waals surface area contributed by atoms with Gasteiger partial charge in [0.1, 0.15) is 6.04 Å². The van der Waals surface area contributed by atoms with Gasteiger partial charge >= 0.3 is 12.0 Å². The molecule has 19 heavy (non-hydrogen) atoms. The summed E-state index contributed by atoms with van der Waals surface area (Å²) in [5, 5.41) is 19.1. The number of nitrogens with zero attached hydrogens (tertiary/aromatic N) is 2. The zero-order valence-electron chi connectivity index (χ0n) is 11.2. The van der Waals surface area contributed by atoms with Crippen LogP contribution in [0.4, 0.5) is 4.79 Å². The second-order valence-electron chi connectivity index (χ2n) is 5.19. The molecule has 0 aromatic heterocycles. The number of hydrogen-bond acceptors (Lipinski definition) is 4. The number of aliphatic hydroxyl groups is 1. The van der Waals surface area contributed by atoms with E-state index >= 15 is 0 Å². The second-order valence-corrected chi connectivity index (χ2v) is 6.67. The highest BCUT2D eigenvalue weighted by Gasteiger charge is 2.42. The van der Waals surface area contributed by atoms with Crippen molar-refractivity contribution in [3.05, 3.63) is 0 Å². The number of carboxylic acids is 1. The molecule has 0 saturated carbocycles. The van der Waals surface area contributed by atoms with Gasteiger partial charge in [-0.05, 0) is 6.92 Å². The topological polar surface area (TPSA) is 81.1 Å². The average molecular weight is 288 g/mol. The average Bonchev–Trinajstić information content (AvgIpc) is 2.74. The van der Waals surface area contributed by atoms with Crippen LogP contribution in [0.15, 0.2) is 0 Å². The molecule has 2 rings (SSSR count). The van der Waals surface area contributed by atoms with Crippen LogP contribution in [0, 0.1) is 0 Å². The quantitative estimate of drug-likeness (QED) is 0.732. The van der Waals surface area contributed by atoms with Gasteiger partial charge in [0, 0.05) is 36.6 Å². The van der Waals surface area contributed by atoms with Crippen LogP contribution in [0.1, 0.15) is 20.3 Å². The monoisotopic (exact) mass is 288 g/mol. The van der Waals surface area contributed by atoms with Gasteiger partial charge in [-0.15, -0.1) is 0 Å². The summed E-state index contributed by atoms with van der Waals surface area (Å²) in [7, 11) is 0. The molecule has 2 aliphatic heterocycles. The lowest BCUT2D eigenvalue weighted by Crippen LogP contribution is -2.55. The number of amides is 2. The highest BCUT2D eigenvalue weighted by molar-refractivity contribution is 8.00. The zero-order chi connectivity index (χ0) is 14.2. The van der Waals surface area contributed by atoms with E-state index in [-0.39, 0.29) is 25.0 Å². The maximum absolute atomic E-state index is 12.5. The maximum Gasteiger partial charge on any atom is 0.326 e. The molecule has 2 saturated heterocycles. The number of likely N-dealkylation sites (tertiary alicyclic amines) is 1. The molecule has 4 unspecified atom stereocenters. The molecule has 108 valence electrons. The largest absolute Gasteiger partial charge is 0.480 e. The number of rotatable bonds is 1. The van der Waals surface area contributed by atoms with Crippen LogP contribution in [0.3, 0.4) is 0 Å². The summed E-state index contributed by atoms with van der Waals surface area (Å²) in [6, 6.07) is -1.08. The number of thioether (sulfide) groups is 1. The first kappa shape index (κ1) is 14.5. The fourth-order valence-corrected chi connectivity index (χ4v) is 3.73. The van der Waals surface area contributed by atoms with Gasteiger partial charge in [0.05, 0.1) is 6.10 Å². The summed E-state index contributed by atoms with van der Waals surface area (Å²) < 4.78 is 0. The van der Waals surface area contributed by atoms with Crippen molar-refractivity contribution in [2.75, 3.05) is 18.8 Å². The van der Waals surface area contributed by atoms with Gasteiger partial charge in [0.2, 0.25) is 0 Å². The molecule has 2 amide bonds. The lowest BCUT2D eigenvalue weighted by atomic mass is 10.2. The van der Waals surface area contributed by atoms with E-state index in [2.05, 4.69) is 6.92 Å². The van der Waals surface area contributed by atoms with E-state index < -0.39 is 18.1 Å². The third-order valence-corrected chi connectivity index (χ3v) is 5.28. The predicted molar refractivity (Wildman–Crippen MR) is 72.2 cm³/mol. The Morgan fingerprint density at radius 3 is 2.58 bits per heavy atom. The Hall–Kier alpha value is -0.950. The second kappa shape index (κ2) is 5.58. The van der Waals surface area contributed by atoms with Gasteiger partial charge in [0.25, 0.3) is 0 Å². The van der Waals surface area contributed by atoms with Gasteiger partial charge in [-0.25, -0.2) is 9.59 Å². The van der Waals surface area contributed by atoms with E-state index in [9.17, 15) is 14.7 Å². The molecule has 4 atom stereocenters. The Morgan fingerprint density at radius 2 is 1.95 bits per heavy atom. The number of urea groups is 1. The van der Waals surface area contributed by atoms with Gasteiger partial charge in [0.15, 0.2) is 0 Å². The summed E-state index contributed by atoms with van der Waals surface area (Å²) in [4.78, 5) is 26.7. The third kappa shape index (κ3) is 2.81. The van der Waals surface area contributed by atoms with Crippen LogP contribution in [0.2, 0.25) is 0 Å². The number of aliphatic carboxylic acids is 1. The third-order valence-electron chi connectivity index (χ3n) is 3.94. The fraction of sp³-hybridized carbons (Fsp3) is 0.833. The molecule has 0 radical (unpaired) electrons. The summed E-state index contributed by atoms with van der Waals surface area (Å²) in [6.07, 6.45) is -0.620. The smallest absolute Gasteiger partial charge is 0.326 e. The van der Waals surface area contributed by atoms with Crippen molar-refractivity contribution in [1.82, 2.24) is 9.80 Å². The predicted octanol–water partition coefficient (Wildman–Crippen LogP) is 0.452. The Bertz CT molecular complexity index is 379. The van der Waals surface area contributed by atoms with Crippen molar-refractivity contribution in [3.63, 3.8) is 0 Å². The number of hydrogen-bond donors (Lipinski definition) is 2. The zero-order valence-corrected chi connectivity index (χ0v) is 12.0. The van der Waals surface area contributed by atoms with Crippen molar-refractivity contribution >= 4 is 23.8 Å². The molecular formula is C12H20N2O4S. The highest BCUT2D eigenvalue weighted by Crippen LogP contribution is 2.27. The molecule has 0 aromatic rings. The molecule has 2 aliphatic rings. The molecule has 0 aliphatic carbocycles. The minimum Gasteiger partial charge on any atom is -0.480 e. The van der Waals surface area contributed by atoms with Crippen LogP contribution in [0.5, 0.6) is 0 Å². The number of carbonyl (C=O) groups is 2. The van der Waals surface area contributed by atoms with E-state index in [0.717, 1.165) is 5.75 Å². The summed E-state index contributed by atoms with van der Waals surface area (Å²) >= 11 is 1.82. The van der Waals surface area contributed by atoms with E-state index in [1.165, 1.54) is 4.90 Å². The molecule has 2 heterocycles. The molecule has 7 heteroatoms. The van der Waals surface area contributed by atoms with Crippen molar-refractivity contribution in [2.45, 2.75) is 43.7 Å². The summed E-state index contributed by atoms with van der Waals surface area (Å²) in [5.74, 6) is -0.178. The molecule has 2 N–H and O–H groups in total. The summed E-state index contributed by atoms with van der Waals surface area (Å²) in [5.41, 5.74) is 0. The Kier molecular flexibility index (Phi) is 4.25. The minimum absolute atomic E-state index is 0.0819. The van der Waals surface area contributed by atoms with Crippen molar-refractivity contribution < 1.29 is 19.8 Å². The van der Waals surface area contributed by atoms with Gasteiger partial charge in [-0.3, -0.25) is 0 Å². The molecule has 0 spiro atoms. The SMILES string of the molecule is CC1SCCN(C(=O)N2CC(O)CC2C(=O)O)C1C. The Morgan fingerprint density at radius 1 is 1.26 bits per heavy atom. The number of aliphatic hydroxyl groups excluding tert-OH is 1. The van der Waals surface area contributed by atoms with Gasteiger partial charge < -0.3 is 20.0 Å². The Labute approximate surface area is 116 Å². The van der Waals surface area contributed by atoms with E-state index in [1.807, 2.05) is 18.7 Å². The fourth-order valence-electron chi connectivity index (χ4n) is 2.63. The number of β-amino-alcohol motifs (C(OH)–C–C–N with tert-alkyl or cyclic N) is 1. The van der Waals surface area contributed by atoms with Crippen LogP contribution in [-0.2, 0) is 4.79 Å². The van der Waals surface area contributed by atoms with E-state index in [0.29, 0.717) is 11.8 Å². The first-order chi connectivity index (χ1) is 8.91. The number of carboxylic acid groups (broad SMARTS) is 1. The first-order valence-corrected chi connectivity index (χ1v) is 7.56. The van der Waals surface area contributed by atoms with Crippen molar-refractivity contribution in [3.8, 4) is 0 Å². The number of carbonyl (C=O) groups excluding carboxylic acids is 1. The molecule has 0 bridgehead atoms. The highest BCUT2D eigenvalue weighted by atomic mass is 32.2. The van der Waals surface area contributed by atoms with Crippen molar-refractivity contribution in [1.29, 1.82) is 0 Å². The molecule has 2 fully saturated rings. The normalized spacial score (nSPS) is 35.5. The van der Waals surface area contributed by atoms with Crippen LogP contribution in [0.25, 0.3) is 0 Å². The van der Waals surface area contributed by atoms with E-state index in [4.69, 9.17) is 5.11 Å². The Balaban J connectivity index is 2.11. The van der Waals surface area contributed by atoms with Crippen LogP contribution in [-0.4, -0.2) is 74.3 Å². The standard InChI is InChI=1S/C12H20N2O4S/c1-7-8(2)19-4-3-13(7)12(18)14-6-9(15)5-10(14)11(16)17/h7-10,15H,3-6H2,1-2H3,(H,16,17). The van der Waals surface area contributed by atoms with Crippen molar-refractivity contribution in [2.24, 2.45) is 0 Å². The molecule has 0 aromatic carbocycles. The van der Waals surface area contributed by atoms with Gasteiger partial charge in [-0.1, -0.05) is 6.92 Å². The molecule has 6 nitrogen and oxygen atoms in total. The summed E-state index contributed by atoms with van der Waals surface area (Å²) in [6.45, 7) is 4.80. The van der Waals surface area contributed by atoms with E-state index in [1.54, 1.807) is 4.90 Å². The first-order valence-electron chi connectivity index (χ1n) is 6.51. The lowest BCUT2D eigenvalue weighted by Gasteiger charge is -2.40. The van der Waals surface area contributed by atoms with Gasteiger partial charge in [-0.2, -0.15) is 11.8 Å². The molecular weight excluding hydrogens is 268 g/mol. The van der Waals surface area contributed by atoms with Crippen LogP contribution < -0.4 is 0 Å². The minimum atomic E-state index is -1.04.